The van der Waals surface area contributed by atoms with Gasteiger partial charge in [-0.25, -0.2) is 0 Å². The van der Waals surface area contributed by atoms with E-state index in [4.69, 9.17) is 90.0 Å². The van der Waals surface area contributed by atoms with Gasteiger partial charge in [-0.15, -0.1) is 0 Å². The Morgan fingerprint density at radius 1 is 0.230 bits per heavy atom. The minimum atomic E-state index is -2.59. The maximum Gasteiger partial charge on any atom is 0.217 e. The van der Waals surface area contributed by atoms with E-state index in [1.807, 2.05) is 0 Å². The number of hydrogen-bond acceptors (Lipinski definition) is 50. The van der Waals surface area contributed by atoms with Gasteiger partial charge in [0.05, 0.1) is 65.6 Å². The van der Waals surface area contributed by atoms with Crippen molar-refractivity contribution in [2.45, 2.75) is 341 Å². The number of rotatable bonds is 31. The van der Waals surface area contributed by atoms with Crippen LogP contribution in [0, 0.1) is 0 Å². The van der Waals surface area contributed by atoms with Gasteiger partial charge >= 0.3 is 0 Å². The van der Waals surface area contributed by atoms with E-state index >= 15 is 0 Å². The predicted octanol–water partition coefficient (Wildman–Crippen LogP) is -21.2. The van der Waals surface area contributed by atoms with Gasteiger partial charge in [0.2, 0.25) is 23.6 Å². The molecule has 54 heteroatoms. The number of hydrogen-bond donors (Lipinski definition) is 31. The van der Waals surface area contributed by atoms with Crippen LogP contribution in [0.15, 0.2) is 0 Å². The maximum absolute atomic E-state index is 13.2. The van der Waals surface area contributed by atoms with Gasteiger partial charge in [-0.2, -0.15) is 0 Å². The Hall–Kier alpha value is -3.96. The Morgan fingerprint density at radius 3 is 0.959 bits per heavy atom. The molecule has 0 spiro atoms. The summed E-state index contributed by atoms with van der Waals surface area (Å²) in [5.41, 5.74) is 0. The monoisotopic (exact) mass is 1790 g/mol. The van der Waals surface area contributed by atoms with E-state index in [1.165, 1.54) is 6.92 Å². The van der Waals surface area contributed by atoms with E-state index in [0.717, 1.165) is 27.7 Å². The quantitative estimate of drug-likeness (QED) is 0.0306. The van der Waals surface area contributed by atoms with Crippen LogP contribution in [0.5, 0.6) is 0 Å². The molecule has 10 rings (SSSR count). The van der Waals surface area contributed by atoms with Crippen LogP contribution < -0.4 is 21.3 Å². The van der Waals surface area contributed by atoms with E-state index in [2.05, 4.69) is 21.3 Å². The fourth-order valence-corrected chi connectivity index (χ4v) is 15.8. The molecule has 0 aromatic rings. The summed E-state index contributed by atoms with van der Waals surface area (Å²) < 4.78 is 113. The van der Waals surface area contributed by atoms with Gasteiger partial charge in [-0.3, -0.25) is 19.2 Å². The molecule has 4 amide bonds. The van der Waals surface area contributed by atoms with Gasteiger partial charge in [-0.05, 0) is 6.92 Å². The third-order valence-electron chi connectivity index (χ3n) is 22.4. The molecule has 0 saturated carbocycles. The van der Waals surface area contributed by atoms with Crippen LogP contribution in [0.3, 0.4) is 0 Å². The maximum atomic E-state index is 13.2. The molecule has 1 unspecified atom stereocenters. The highest BCUT2D eigenvalue weighted by Crippen LogP contribution is 2.41. The zero-order valence-electron chi connectivity index (χ0n) is 65.7. The summed E-state index contributed by atoms with van der Waals surface area (Å²) in [4.78, 5) is 51.3. The lowest BCUT2D eigenvalue weighted by Crippen LogP contribution is -2.71. The van der Waals surface area contributed by atoms with Crippen molar-refractivity contribution in [2.24, 2.45) is 0 Å². The SMILES string of the molecule is CC(=O)N[C@H]1[C@H](O[C@H]2[C@H](O)[C@@H](NC(C)=O)C(O)O[C@@H]2CO[C@@H]2O[C@@H](C)[C@@H](O)[C@@H](O)[C@@H]2O)O[C@H](CO)[C@@H](O[C@@H]2O[C@H](CO[C@H]3O[C@H](CO)[C@@H](O)[C@H](O)[C@@H]3O[C@@H]3O[C@H](CO)[C@@H](O[C@@H]4O[C@H](CO)[C@H](O)[C@H](O[C@H]5O[C@H](CO)[C@H](O)[C@H](O)[C@H]5O)[C@H]4O)[C@H](O)[C@H]3NC(C)=O)[C@@H](O)[C@H](O[C@H]3O[C@H](CO)[C@@H](O)[C@H](O)[C@@H]3O[C@@H]3O[C@H](CO)[C@@H](O)[C@H](O)[C@H]3NC(C)=O)[C@@H]2O)[C@@H]1O. The van der Waals surface area contributed by atoms with Crippen molar-refractivity contribution in [3.8, 4) is 0 Å². The largest absolute Gasteiger partial charge is 0.394 e. The Morgan fingerprint density at radius 2 is 0.508 bits per heavy atom. The lowest BCUT2D eigenvalue weighted by atomic mass is 9.93. The van der Waals surface area contributed by atoms with Gasteiger partial charge in [-0.1, -0.05) is 0 Å². The van der Waals surface area contributed by atoms with Crippen molar-refractivity contribution in [3.63, 3.8) is 0 Å². The van der Waals surface area contributed by atoms with Gasteiger partial charge in [0.25, 0.3) is 0 Å². The second kappa shape index (κ2) is 43.6. The Balaban J connectivity index is 0.960. The van der Waals surface area contributed by atoms with Crippen LogP contribution in [0.4, 0.5) is 0 Å². The van der Waals surface area contributed by atoms with Gasteiger partial charge < -0.3 is 249 Å². The molecule has 122 heavy (non-hydrogen) atoms. The Bertz CT molecular complexity index is 3290. The number of carbonyl (C=O) groups excluding carboxylic acids is 4. The first kappa shape index (κ1) is 100. The second-order valence-corrected chi connectivity index (χ2v) is 31.0. The summed E-state index contributed by atoms with van der Waals surface area (Å²) in [5.74, 6) is -3.70. The minimum absolute atomic E-state index is 0.840. The molecule has 50 atom stereocenters. The average Bonchev–Trinajstić information content (AvgIpc) is 0.769. The van der Waals surface area contributed by atoms with E-state index < -0.39 is 390 Å². The fourth-order valence-electron chi connectivity index (χ4n) is 15.8. The van der Waals surface area contributed by atoms with Crippen molar-refractivity contribution in [1.82, 2.24) is 21.3 Å². The first-order valence-electron chi connectivity index (χ1n) is 39.0. The molecule has 0 aliphatic carbocycles. The van der Waals surface area contributed by atoms with Crippen molar-refractivity contribution in [3.05, 3.63) is 0 Å². The number of ether oxygens (including phenoxy) is 19. The minimum Gasteiger partial charge on any atom is -0.394 e. The smallest absolute Gasteiger partial charge is 0.217 e. The molecule has 54 nitrogen and oxygen atoms in total. The van der Waals surface area contributed by atoms with Crippen molar-refractivity contribution in [1.29, 1.82) is 0 Å². The highest BCUT2D eigenvalue weighted by atomic mass is 16.8. The Labute approximate surface area is 691 Å². The van der Waals surface area contributed by atoms with Crippen LogP contribution >= 0.6 is 0 Å². The number of carbonyl (C=O) groups is 4. The summed E-state index contributed by atoms with van der Waals surface area (Å²) in [7, 11) is 0. The summed E-state index contributed by atoms with van der Waals surface area (Å²) in [6, 6.07) is -7.57. The van der Waals surface area contributed by atoms with E-state index in [9.17, 15) is 157 Å². The van der Waals surface area contributed by atoms with Crippen LogP contribution in [0.25, 0.3) is 0 Å². The van der Waals surface area contributed by atoms with Gasteiger partial charge in [0.1, 0.15) is 238 Å². The van der Waals surface area contributed by atoms with Crippen LogP contribution in [0.2, 0.25) is 0 Å². The zero-order valence-corrected chi connectivity index (χ0v) is 65.7. The van der Waals surface area contributed by atoms with E-state index in [-0.39, 0.29) is 0 Å². The average molecular weight is 1790 g/mol. The summed E-state index contributed by atoms with van der Waals surface area (Å²) in [5, 5.41) is 311. The topological polar surface area (TPSA) is 838 Å². The normalized spacial score (nSPS) is 49.7. The number of aliphatic hydroxyl groups is 27. The fraction of sp³-hybridized carbons (Fsp3) is 0.941. The molecule has 0 radical (unpaired) electrons. The molecule has 10 heterocycles. The molecular weight excluding hydrogens is 1670 g/mol. The van der Waals surface area contributed by atoms with Gasteiger partial charge in [0.15, 0.2) is 62.9 Å². The number of amides is 4. The van der Waals surface area contributed by atoms with Crippen molar-refractivity contribution >= 4 is 23.6 Å². The number of nitrogens with one attached hydrogen (secondary N) is 4. The molecule has 706 valence electrons. The first-order chi connectivity index (χ1) is 57.7. The summed E-state index contributed by atoms with van der Waals surface area (Å²) in [6.07, 6.45) is -95.1. The summed E-state index contributed by atoms with van der Waals surface area (Å²) in [6.45, 7) is -4.79. The van der Waals surface area contributed by atoms with E-state index in [1.54, 1.807) is 0 Å². The molecule has 31 N–H and O–H groups in total. The molecule has 10 aliphatic rings. The molecule has 0 bridgehead atoms. The second-order valence-electron chi connectivity index (χ2n) is 31.0. The first-order valence-corrected chi connectivity index (χ1v) is 39.0. The molecule has 0 aromatic heterocycles. The van der Waals surface area contributed by atoms with Crippen LogP contribution in [-0.4, -0.2) is 528 Å². The van der Waals surface area contributed by atoms with Crippen molar-refractivity contribution in [2.75, 3.05) is 59.5 Å². The number of aliphatic hydroxyl groups excluding tert-OH is 27. The summed E-state index contributed by atoms with van der Waals surface area (Å²) >= 11 is 0. The highest BCUT2D eigenvalue weighted by Gasteiger charge is 2.62. The predicted molar refractivity (Wildman–Crippen MR) is 375 cm³/mol. The third kappa shape index (κ3) is 22.0. The van der Waals surface area contributed by atoms with Crippen molar-refractivity contribution < 1.29 is 247 Å². The highest BCUT2D eigenvalue weighted by molar-refractivity contribution is 5.74. The van der Waals surface area contributed by atoms with E-state index in [0.29, 0.717) is 0 Å². The molecule has 0 aromatic carbocycles. The van der Waals surface area contributed by atoms with Crippen LogP contribution in [0.1, 0.15) is 34.6 Å². The third-order valence-corrected chi connectivity index (χ3v) is 22.4. The molecule has 10 aliphatic heterocycles. The standard InChI is InChI=1S/C68H114N4O50/c1-15-33(84)44(95)48(99)63(106-15)104-14-28-54(41(92)29(59(103)107-28)69-16(2)80)116-61-31(71-18(4)82)42(93)53(25(11-78)113-61)118-66-51(102)56(120-68-58(47(98)37(88)23(9-76)112-68)122-60-30(70-17(3)81)40(91)34(85)20(6-73)108-60)39(90)27(115-66)13-105-67-57(46(97)36(87)22(8-75)111-67)121-62-32(72-19(5)83)43(94)52(26(12-79)114-62)117-65-50(101)55(38(89)24(10-77)110-65)119-64-49(100)45(96)35(86)21(7-74)109-64/h15,20-68,73-79,84-103H,6-14H2,1-5H3,(H,69,80)(H,70,81)(H,71,82)(H,72,83)/t15-,20+,21+,22+,23+,24+,25+,26+,27+,28+,29+,30+,31+,32+,33+,34+,35-,36+,37+,38-,39+,40+,41+,42+,43+,44+,45-,46-,47-,48-,49+,50+,51-,52+,53+,54+,55-,56-,57-,58-,59?,60-,61-,62-,63+,64+,65-,66-,67-,68+/m0/s1. The van der Waals surface area contributed by atoms with Gasteiger partial charge in [0, 0.05) is 27.7 Å². The molecule has 10 saturated heterocycles. The Kier molecular flexibility index (Phi) is 35.8. The lowest BCUT2D eigenvalue weighted by Gasteiger charge is -2.51. The molecular formula is C68H114N4O50. The zero-order chi connectivity index (χ0) is 89.8. The molecule has 10 fully saturated rings. The van der Waals surface area contributed by atoms with Crippen LogP contribution in [-0.2, 0) is 109 Å². The lowest BCUT2D eigenvalue weighted by molar-refractivity contribution is -0.397.